The van der Waals surface area contributed by atoms with E-state index >= 15 is 0 Å². The molecule has 19 heteroatoms. The summed E-state index contributed by atoms with van der Waals surface area (Å²) in [5.41, 5.74) is 0. The number of carbonyl (C=O) groups excluding carboxylic acids is 4. The number of phosphoric ester groups is 2. The predicted molar refractivity (Wildman–Crippen MR) is 404 cm³/mol. The molecule has 0 saturated carbocycles. The topological polar surface area (TPSA) is 237 Å². The van der Waals surface area contributed by atoms with Crippen LogP contribution in [0.1, 0.15) is 409 Å². The van der Waals surface area contributed by atoms with Crippen molar-refractivity contribution in [2.45, 2.75) is 427 Å². The molecular formula is C80H156O17P2. The highest BCUT2D eigenvalue weighted by Crippen LogP contribution is 2.45. The third kappa shape index (κ3) is 72.8. The van der Waals surface area contributed by atoms with Gasteiger partial charge in [-0.25, -0.2) is 9.13 Å². The van der Waals surface area contributed by atoms with E-state index in [9.17, 15) is 43.2 Å². The van der Waals surface area contributed by atoms with E-state index in [1.807, 2.05) is 0 Å². The van der Waals surface area contributed by atoms with Gasteiger partial charge < -0.3 is 33.8 Å². The maximum absolute atomic E-state index is 13.1. The Morgan fingerprint density at radius 1 is 0.283 bits per heavy atom. The van der Waals surface area contributed by atoms with Crippen LogP contribution >= 0.6 is 15.6 Å². The van der Waals surface area contributed by atoms with Gasteiger partial charge in [-0.2, -0.15) is 0 Å². The maximum atomic E-state index is 13.1. The van der Waals surface area contributed by atoms with E-state index in [4.69, 9.17) is 37.0 Å². The van der Waals surface area contributed by atoms with Crippen LogP contribution in [0.2, 0.25) is 0 Å². The molecule has 0 spiro atoms. The number of rotatable bonds is 77. The molecule has 0 aliphatic heterocycles. The Morgan fingerprint density at radius 3 is 0.717 bits per heavy atom. The molecule has 3 N–H and O–H groups in total. The molecule has 0 bridgehead atoms. The summed E-state index contributed by atoms with van der Waals surface area (Å²) in [4.78, 5) is 73.0. The van der Waals surface area contributed by atoms with E-state index in [0.29, 0.717) is 25.7 Å². The van der Waals surface area contributed by atoms with Crippen molar-refractivity contribution in [3.8, 4) is 0 Å². The lowest BCUT2D eigenvalue weighted by molar-refractivity contribution is -0.161. The monoisotopic (exact) mass is 1450 g/mol. The van der Waals surface area contributed by atoms with Crippen molar-refractivity contribution in [3.05, 3.63) is 0 Å². The number of unbranched alkanes of at least 4 members (excludes halogenated alkanes) is 42. The molecule has 0 radical (unpaired) electrons. The van der Waals surface area contributed by atoms with E-state index < -0.39 is 97.5 Å². The van der Waals surface area contributed by atoms with Crippen LogP contribution in [-0.2, 0) is 65.4 Å². The Kier molecular flexibility index (Phi) is 67.8. The fourth-order valence-electron chi connectivity index (χ4n) is 12.2. The van der Waals surface area contributed by atoms with Gasteiger partial charge in [-0.1, -0.05) is 357 Å². The van der Waals surface area contributed by atoms with Crippen molar-refractivity contribution in [2.75, 3.05) is 39.6 Å². The number of esters is 4. The van der Waals surface area contributed by atoms with Gasteiger partial charge in [0.25, 0.3) is 0 Å². The first-order valence-electron chi connectivity index (χ1n) is 41.2. The van der Waals surface area contributed by atoms with Crippen LogP contribution in [0.25, 0.3) is 0 Å². The van der Waals surface area contributed by atoms with Crippen molar-refractivity contribution in [1.29, 1.82) is 0 Å². The average Bonchev–Trinajstić information content (AvgIpc) is 1.19. The lowest BCUT2D eigenvalue weighted by atomic mass is 9.99. The second-order valence-corrected chi connectivity index (χ2v) is 33.4. The Morgan fingerprint density at radius 2 is 0.485 bits per heavy atom. The minimum Gasteiger partial charge on any atom is -0.462 e. The lowest BCUT2D eigenvalue weighted by Gasteiger charge is -2.21. The van der Waals surface area contributed by atoms with Gasteiger partial charge in [0.2, 0.25) is 0 Å². The fourth-order valence-corrected chi connectivity index (χ4v) is 13.8. The number of hydrogen-bond acceptors (Lipinski definition) is 15. The smallest absolute Gasteiger partial charge is 0.462 e. The van der Waals surface area contributed by atoms with Crippen molar-refractivity contribution in [3.63, 3.8) is 0 Å². The summed E-state index contributed by atoms with van der Waals surface area (Å²) in [6, 6.07) is 0. The zero-order valence-corrected chi connectivity index (χ0v) is 66.9. The molecule has 6 atom stereocenters. The zero-order chi connectivity index (χ0) is 73.1. The molecule has 0 aromatic rings. The van der Waals surface area contributed by atoms with Crippen LogP contribution in [0.3, 0.4) is 0 Å². The molecule has 0 fully saturated rings. The second-order valence-electron chi connectivity index (χ2n) is 30.5. The largest absolute Gasteiger partial charge is 0.472 e. The zero-order valence-electron chi connectivity index (χ0n) is 65.1. The van der Waals surface area contributed by atoms with Gasteiger partial charge in [-0.3, -0.25) is 37.3 Å². The summed E-state index contributed by atoms with van der Waals surface area (Å²) in [6.45, 7) is 14.3. The van der Waals surface area contributed by atoms with Crippen LogP contribution in [0, 0.1) is 23.7 Å². The minimum atomic E-state index is -4.96. The first-order chi connectivity index (χ1) is 47.6. The van der Waals surface area contributed by atoms with E-state index in [1.165, 1.54) is 212 Å². The van der Waals surface area contributed by atoms with Gasteiger partial charge >= 0.3 is 39.5 Å². The van der Waals surface area contributed by atoms with Crippen LogP contribution in [0.15, 0.2) is 0 Å². The summed E-state index contributed by atoms with van der Waals surface area (Å²) in [5, 5.41) is 10.6. The lowest BCUT2D eigenvalue weighted by Crippen LogP contribution is -2.30. The Bertz CT molecular complexity index is 1940. The third-order valence-corrected chi connectivity index (χ3v) is 20.8. The summed E-state index contributed by atoms with van der Waals surface area (Å²) >= 11 is 0. The van der Waals surface area contributed by atoms with E-state index in [0.717, 1.165) is 114 Å². The minimum absolute atomic E-state index is 0.105. The molecule has 588 valence electrons. The van der Waals surface area contributed by atoms with Crippen LogP contribution in [0.4, 0.5) is 0 Å². The van der Waals surface area contributed by atoms with Gasteiger partial charge in [0.15, 0.2) is 12.2 Å². The van der Waals surface area contributed by atoms with Gasteiger partial charge in [-0.15, -0.1) is 0 Å². The van der Waals surface area contributed by atoms with Crippen LogP contribution in [0.5, 0.6) is 0 Å². The van der Waals surface area contributed by atoms with E-state index in [-0.39, 0.29) is 25.7 Å². The Labute approximate surface area is 607 Å². The quantitative estimate of drug-likeness (QED) is 0.0222. The first-order valence-corrected chi connectivity index (χ1v) is 44.2. The number of carbonyl (C=O) groups is 4. The summed E-state index contributed by atoms with van der Waals surface area (Å²) in [5.74, 6) is 0.994. The SMILES string of the molecule is CCC(C)CCCCCCCCCCCCC(=O)OC[C@H](COP(=O)(O)OC[C@@H](O)COP(=O)(O)OC[C@@H](COC(=O)CCCCCCCCCCCC(C)C)OC(=O)CCCCCCCCCCCC(C)C)OC(=O)CCCCCCCCCCCCCCCCCCCCC(C)C. The van der Waals surface area contributed by atoms with E-state index in [1.54, 1.807) is 0 Å². The van der Waals surface area contributed by atoms with Gasteiger partial charge in [0.1, 0.15) is 19.3 Å². The highest BCUT2D eigenvalue weighted by atomic mass is 31.2. The first kappa shape index (κ1) is 97.1. The molecule has 0 amide bonds. The van der Waals surface area contributed by atoms with Crippen LogP contribution < -0.4 is 0 Å². The highest BCUT2D eigenvalue weighted by Gasteiger charge is 2.30. The molecule has 0 aromatic carbocycles. The number of ether oxygens (including phenoxy) is 4. The molecule has 0 aromatic heterocycles. The van der Waals surface area contributed by atoms with Gasteiger partial charge in [0.05, 0.1) is 26.4 Å². The predicted octanol–water partition coefficient (Wildman–Crippen LogP) is 23.6. The van der Waals surface area contributed by atoms with Crippen molar-refractivity contribution in [1.82, 2.24) is 0 Å². The average molecular weight is 1450 g/mol. The molecule has 0 heterocycles. The molecule has 17 nitrogen and oxygen atoms in total. The number of aliphatic hydroxyl groups is 1. The summed E-state index contributed by atoms with van der Waals surface area (Å²) in [7, 11) is -9.92. The van der Waals surface area contributed by atoms with Crippen LogP contribution in [-0.4, -0.2) is 96.7 Å². The van der Waals surface area contributed by atoms with E-state index in [2.05, 4.69) is 55.4 Å². The number of aliphatic hydroxyl groups excluding tert-OH is 1. The van der Waals surface area contributed by atoms with Crippen molar-refractivity contribution >= 4 is 39.5 Å². The normalized spacial score (nSPS) is 14.3. The molecule has 0 aliphatic rings. The van der Waals surface area contributed by atoms with Crippen molar-refractivity contribution < 1.29 is 80.2 Å². The Balaban J connectivity index is 5.23. The molecule has 99 heavy (non-hydrogen) atoms. The molecule has 3 unspecified atom stereocenters. The Hall–Kier alpha value is -1.94. The number of phosphoric acid groups is 2. The standard InChI is InChI=1S/C80H156O17P2/c1-9-73(8)59-51-43-35-27-20-21-28-36-44-52-60-77(82)90-66-75(96-79(84)62-54-46-38-29-19-17-15-13-11-10-12-14-16-18-24-32-40-48-56-70(2)3)68-94-98(86,87)92-64-74(81)65-93-99(88,89)95-69-76(97-80(85)63-55-47-39-31-23-26-34-42-50-58-72(6)7)67-91-78(83)61-53-45-37-30-22-25-33-41-49-57-71(4)5/h70-76,81H,9-69H2,1-8H3,(H,86,87)(H,88,89)/t73?,74-,75-,76-/m1/s1. The summed E-state index contributed by atoms with van der Waals surface area (Å²) in [6.07, 6.45) is 55.5. The summed E-state index contributed by atoms with van der Waals surface area (Å²) < 4.78 is 68.7. The number of hydrogen-bond donors (Lipinski definition) is 3. The maximum Gasteiger partial charge on any atom is 0.472 e. The van der Waals surface area contributed by atoms with Crippen molar-refractivity contribution in [2.24, 2.45) is 23.7 Å². The molecule has 0 saturated heterocycles. The molecule has 0 rings (SSSR count). The molecular weight excluding hydrogens is 1290 g/mol. The van der Waals surface area contributed by atoms with Gasteiger partial charge in [0, 0.05) is 25.7 Å². The van der Waals surface area contributed by atoms with Gasteiger partial charge in [-0.05, 0) is 49.4 Å². The highest BCUT2D eigenvalue weighted by molar-refractivity contribution is 7.47. The second kappa shape index (κ2) is 69.1. The fraction of sp³-hybridized carbons (Fsp3) is 0.950. The molecule has 0 aliphatic carbocycles. The third-order valence-electron chi connectivity index (χ3n) is 18.9.